The van der Waals surface area contributed by atoms with Gasteiger partial charge in [0.1, 0.15) is 64.8 Å². The third kappa shape index (κ3) is 61.2. The van der Waals surface area contributed by atoms with Gasteiger partial charge in [-0.2, -0.15) is 0 Å². The average Bonchev–Trinajstić information content (AvgIpc) is 0.809. The van der Waals surface area contributed by atoms with Crippen LogP contribution in [-0.4, -0.2) is 191 Å². The molecule has 3 atom stereocenters. The maximum atomic E-state index is 12.4. The minimum Gasteiger partial charge on any atom is -1.00 e. The van der Waals surface area contributed by atoms with Gasteiger partial charge in [-0.25, -0.2) is 33.8 Å². The standard InChI is InChI=1S/C17H31NO4.C17H29NO4.C13H26NO5P.2C8H15NO2.C6H10O2.C6H10O.C4H9O.C3H8O.2CH4.Al.Li.Na.4H/c2*1-15(2,3)21-13(19)12(11-17(7)9-8-10-17)18-14(20)22-16(4,5)6;1-12(2,3)18-10(15)9(20(7,8)17)14-11(16)19-13(4,5)6;1-8(5-4-6-8)7(10)9(2)11-3;1-8(3-2-4-8)5-6(9)7(10)11;1-6(5(7)8)3-2-4-6;1-6(5-7)3-2-4-6;1-4(2,3)5;1-3-4-2;;;;;;;;;/h12H,8-11H2,1-7H3,(H,18,20);11H,8-10H2,1-7H3,(H,18,20);9H,1-8H3,(H,14,16);4-6H2,1-3H3;6H,2-5,9H2,1H3,(H,10,11);2-4H2,1H3,(H,7,8);5H,2-4H2,1H3;1-3H3;3H2,1-2H3;2*1H4;;;;;;;/q;;;;;;;-1;;;;;2*+1;;;;-1/b;12-11-;;;;;;;;;;;;;;;;. The van der Waals surface area contributed by atoms with Crippen LogP contribution in [0.3, 0.4) is 0 Å². The van der Waals surface area contributed by atoms with Crippen molar-refractivity contribution < 1.29 is 156 Å². The average molecular weight is 1690 g/mol. The number of carbonyl (C=O) groups is 10. The number of hydroxylamine groups is 2. The molecule has 0 aromatic carbocycles. The van der Waals surface area contributed by atoms with Crippen molar-refractivity contribution in [1.82, 2.24) is 21.0 Å². The van der Waals surface area contributed by atoms with Gasteiger partial charge in [-0.1, -0.05) is 109 Å². The number of rotatable bonds is 18. The summed E-state index contributed by atoms with van der Waals surface area (Å²) in [6.07, 6.45) is 21.4. The first kappa shape index (κ1) is 127. The summed E-state index contributed by atoms with van der Waals surface area (Å²) in [6, 6.07) is -1.33. The number of nitrogens with one attached hydrogen (secondary N) is 3. The predicted molar refractivity (Wildman–Crippen MR) is 453 cm³/mol. The molecule has 31 heteroatoms. The Bertz CT molecular complexity index is 2990. The van der Waals surface area contributed by atoms with Crippen LogP contribution < -0.4 is 75.2 Å². The minimum absolute atomic E-state index is 0. The van der Waals surface area contributed by atoms with E-state index in [0.717, 1.165) is 103 Å². The van der Waals surface area contributed by atoms with Crippen molar-refractivity contribution in [2.75, 3.05) is 41.2 Å². The zero-order valence-corrected chi connectivity index (χ0v) is 79.2. The van der Waals surface area contributed by atoms with E-state index < -0.39 is 112 Å². The molecule has 0 aliphatic heterocycles. The number of carbonyl (C=O) groups excluding carboxylic acids is 8. The fraction of sp³-hybridized carbons (Fsp3) is 0.857. The van der Waals surface area contributed by atoms with E-state index in [-0.39, 0.29) is 126 Å². The molecule has 0 aromatic heterocycles. The smallest absolute Gasteiger partial charge is 1.00 e. The maximum Gasteiger partial charge on any atom is 1.00 e. The van der Waals surface area contributed by atoms with Crippen LogP contribution in [0.1, 0.15) is 339 Å². The Labute approximate surface area is 741 Å². The molecular formula is C84H165AlLiN5NaO22P. The molecule has 0 radical (unpaired) electrons. The number of carboxylic acids is 2. The van der Waals surface area contributed by atoms with E-state index in [1.807, 2.05) is 41.5 Å². The van der Waals surface area contributed by atoms with Gasteiger partial charge >= 0.3 is 96.5 Å². The molecule has 0 heterocycles. The van der Waals surface area contributed by atoms with Gasteiger partial charge in [0.15, 0.2) is 23.1 Å². The SMILES string of the molecule is C.C.CC(C)(C)OC(=O)NC(C(=O)OC(C)(C)C)P(C)(C)=O.CC(C)(C)[O-].CC1(/C=C(\NC(=O)OC(C)(C)C)C(=O)OC(C)(C)C)CCC1.CC1(C(=O)O)CCC1.CC1(C=O)CCC1.CC1(CC(N)C(=O)O)CCC1.CC1(CC(NC(=O)OC(C)(C)C)C(=O)OC(C)(C)C)CCC1.CCOC.CON(C)C(=O)C1(C)CCC1.[AlH3].[H-].[Li+].[Na+]. The summed E-state index contributed by atoms with van der Waals surface area (Å²) >= 11 is 0. The van der Waals surface area contributed by atoms with Crippen LogP contribution in [0.4, 0.5) is 14.4 Å². The molecule has 3 unspecified atom stereocenters. The molecular weight excluding hydrogens is 1520 g/mol. The third-order valence-electron chi connectivity index (χ3n) is 18.0. The van der Waals surface area contributed by atoms with E-state index in [1.165, 1.54) is 51.2 Å². The molecule has 115 heavy (non-hydrogen) atoms. The summed E-state index contributed by atoms with van der Waals surface area (Å²) in [5.74, 6) is -4.28. The second kappa shape index (κ2) is 53.9. The number of hydrogen-bond acceptors (Lipinski definition) is 21. The minimum atomic E-state index is -2.92. The number of nitrogens with zero attached hydrogens (tertiary/aromatic N) is 1. The van der Waals surface area contributed by atoms with Crippen molar-refractivity contribution in [3.8, 4) is 0 Å². The number of amides is 4. The summed E-state index contributed by atoms with van der Waals surface area (Å²) < 4.78 is 48.2. The number of esters is 3. The van der Waals surface area contributed by atoms with E-state index in [2.05, 4.69) is 41.5 Å². The molecule has 6 fully saturated rings. The van der Waals surface area contributed by atoms with Gasteiger partial charge < -0.3 is 75.6 Å². The Morgan fingerprint density at radius 1 is 0.530 bits per heavy atom. The molecule has 0 spiro atoms. The zero-order chi connectivity index (χ0) is 87.1. The van der Waals surface area contributed by atoms with Gasteiger partial charge in [-0.3, -0.25) is 24.5 Å². The van der Waals surface area contributed by atoms with E-state index in [0.29, 0.717) is 12.8 Å². The van der Waals surface area contributed by atoms with Crippen LogP contribution in [0.15, 0.2) is 11.8 Å². The Morgan fingerprint density at radius 3 is 1.08 bits per heavy atom. The summed E-state index contributed by atoms with van der Waals surface area (Å²) in [6.45, 7) is 54.4. The molecule has 27 nitrogen and oxygen atoms in total. The van der Waals surface area contributed by atoms with E-state index in [1.54, 1.807) is 152 Å². The number of allylic oxidation sites excluding steroid dienone is 1. The van der Waals surface area contributed by atoms with Crippen molar-refractivity contribution in [2.24, 2.45) is 38.2 Å². The summed E-state index contributed by atoms with van der Waals surface area (Å²) in [5, 5.41) is 36.0. The summed E-state index contributed by atoms with van der Waals surface area (Å²) in [7, 11) is 1.93. The van der Waals surface area contributed by atoms with Crippen LogP contribution in [0, 0.1) is 32.5 Å². The number of methoxy groups -OCH3 is 1. The number of aldehydes is 1. The van der Waals surface area contributed by atoms with Crippen LogP contribution in [-0.2, 0) is 76.1 Å². The molecule has 7 N–H and O–H groups in total. The van der Waals surface area contributed by atoms with Gasteiger partial charge in [0, 0.05) is 31.6 Å². The number of alkyl carbamates (subject to hydrolysis) is 3. The molecule has 0 saturated heterocycles. The molecule has 668 valence electrons. The van der Waals surface area contributed by atoms with Gasteiger partial charge in [0.25, 0.3) is 5.91 Å². The molecule has 0 bridgehead atoms. The van der Waals surface area contributed by atoms with Crippen molar-refractivity contribution in [2.45, 2.75) is 394 Å². The van der Waals surface area contributed by atoms with Crippen molar-refractivity contribution in [3.05, 3.63) is 11.8 Å². The first-order valence-corrected chi connectivity index (χ1v) is 41.5. The third-order valence-corrected chi connectivity index (χ3v) is 19.5. The molecule has 6 rings (SSSR count). The fourth-order valence-corrected chi connectivity index (χ4v) is 11.6. The fourth-order valence-electron chi connectivity index (χ4n) is 10.6. The van der Waals surface area contributed by atoms with Crippen LogP contribution in [0.2, 0.25) is 0 Å². The van der Waals surface area contributed by atoms with Gasteiger partial charge in [0.2, 0.25) is 0 Å². The van der Waals surface area contributed by atoms with Crippen LogP contribution >= 0.6 is 7.14 Å². The number of ether oxygens (including phenoxy) is 7. The number of hydrogen-bond donors (Lipinski definition) is 6. The number of nitrogens with two attached hydrogens (primary N) is 1. The number of carboxylic acid groups (broad SMARTS) is 2. The monoisotopic (exact) mass is 1680 g/mol. The normalized spacial score (nSPS) is 17.9. The Morgan fingerprint density at radius 2 is 0.843 bits per heavy atom. The largest absolute Gasteiger partial charge is 1.00 e. The van der Waals surface area contributed by atoms with E-state index in [9.17, 15) is 57.6 Å². The van der Waals surface area contributed by atoms with E-state index in [4.69, 9.17) is 49.2 Å². The van der Waals surface area contributed by atoms with Crippen molar-refractivity contribution >= 4 is 84.8 Å². The van der Waals surface area contributed by atoms with Gasteiger partial charge in [-0.15, -0.1) is 5.60 Å². The summed E-state index contributed by atoms with van der Waals surface area (Å²) in [5.41, 5.74) is 0.820. The van der Waals surface area contributed by atoms with Crippen molar-refractivity contribution in [3.63, 3.8) is 0 Å². The molecule has 6 aliphatic carbocycles. The Hall–Kier alpha value is -3.76. The van der Waals surface area contributed by atoms with E-state index >= 15 is 0 Å². The summed E-state index contributed by atoms with van der Waals surface area (Å²) in [4.78, 5) is 120. The Kier molecular flexibility index (Phi) is 59.4. The zero-order valence-electron chi connectivity index (χ0n) is 77.3. The quantitative estimate of drug-likeness (QED) is 0.0141. The van der Waals surface area contributed by atoms with Gasteiger partial charge in [-0.05, 0) is 264 Å². The van der Waals surface area contributed by atoms with Gasteiger partial charge in [0.05, 0.1) is 12.5 Å². The van der Waals surface area contributed by atoms with Crippen molar-refractivity contribution in [1.29, 1.82) is 0 Å². The van der Waals surface area contributed by atoms with Crippen LogP contribution in [0.25, 0.3) is 0 Å². The molecule has 6 aliphatic rings. The second-order valence-electron chi connectivity index (χ2n) is 39.1. The first-order valence-electron chi connectivity index (χ1n) is 38.8. The predicted octanol–water partition coefficient (Wildman–Crippen LogP) is 10.3. The second-order valence-corrected chi connectivity index (χ2v) is 42.4. The molecule has 4 amide bonds. The number of aliphatic carboxylic acids is 2. The maximum absolute atomic E-state index is 12.4. The Balaban J connectivity index is -0.000000165. The molecule has 0 aromatic rings. The first-order chi connectivity index (χ1) is 49.2. The molecule has 6 saturated carbocycles. The topological polar surface area (TPSA) is 390 Å². The van der Waals surface area contributed by atoms with Crippen LogP contribution in [0.5, 0.6) is 0 Å².